The Bertz CT molecular complexity index is 1260. The van der Waals surface area contributed by atoms with Gasteiger partial charge >= 0.3 is 5.97 Å². The Balaban J connectivity index is 1.62. The van der Waals surface area contributed by atoms with Crippen molar-refractivity contribution in [1.29, 1.82) is 0 Å². The predicted octanol–water partition coefficient (Wildman–Crippen LogP) is 3.48. The summed E-state index contributed by atoms with van der Waals surface area (Å²) in [5.74, 6) is -0.893. The van der Waals surface area contributed by atoms with Crippen LogP contribution in [0.1, 0.15) is 16.1 Å². The number of methoxy groups -OCH3 is 1. The zero-order valence-corrected chi connectivity index (χ0v) is 17.5. The number of anilines is 1. The van der Waals surface area contributed by atoms with Crippen molar-refractivity contribution in [3.8, 4) is 17.1 Å². The van der Waals surface area contributed by atoms with E-state index in [2.05, 4.69) is 5.32 Å². The minimum Gasteiger partial charge on any atom is -0.497 e. The molecule has 2 aromatic carbocycles. The number of hydrogen-bond donors (Lipinski definition) is 2. The first kappa shape index (κ1) is 21.0. The molecule has 0 bridgehead atoms. The molecule has 0 radical (unpaired) electrons. The fourth-order valence-electron chi connectivity index (χ4n) is 3.13. The molecule has 1 aliphatic heterocycles. The summed E-state index contributed by atoms with van der Waals surface area (Å²) < 4.78 is 10.9. The number of nitrogens with one attached hydrogen (secondary N) is 1. The Hall–Kier alpha value is -4.24. The highest BCUT2D eigenvalue weighted by Gasteiger charge is 2.34. The number of carbonyl (C=O) groups excluding carboxylic acids is 2. The maximum atomic E-state index is 13.1. The first-order chi connectivity index (χ1) is 15.4. The topological polar surface area (TPSA) is 109 Å². The molecule has 1 saturated heterocycles. The molecule has 160 valence electrons. The quantitative estimate of drug-likeness (QED) is 0.349. The average Bonchev–Trinajstić information content (AvgIpc) is 3.26. The molecular formula is C23H16N2O6S. The van der Waals surface area contributed by atoms with Crippen LogP contribution in [-0.2, 0) is 9.59 Å². The van der Waals surface area contributed by atoms with Gasteiger partial charge in [0.05, 0.1) is 18.4 Å². The van der Waals surface area contributed by atoms with E-state index in [9.17, 15) is 14.4 Å². The monoisotopic (exact) mass is 448 g/mol. The Labute approximate surface area is 187 Å². The molecule has 2 N–H and O–H groups in total. The van der Waals surface area contributed by atoms with Gasteiger partial charge in [0.2, 0.25) is 0 Å². The number of nitrogens with zero attached hydrogens (tertiary/aromatic N) is 1. The number of carboxylic acid groups (broad SMARTS) is 1. The van der Waals surface area contributed by atoms with Crippen LogP contribution in [0.5, 0.6) is 5.75 Å². The van der Waals surface area contributed by atoms with Crippen LogP contribution in [0.4, 0.5) is 5.69 Å². The summed E-state index contributed by atoms with van der Waals surface area (Å²) in [6.45, 7) is 0. The second-order valence-electron chi connectivity index (χ2n) is 6.74. The van der Waals surface area contributed by atoms with Crippen molar-refractivity contribution < 1.29 is 28.6 Å². The number of ether oxygens (including phenoxy) is 1. The lowest BCUT2D eigenvalue weighted by Crippen LogP contribution is -2.54. The lowest BCUT2D eigenvalue weighted by molar-refractivity contribution is -0.122. The highest BCUT2D eigenvalue weighted by molar-refractivity contribution is 7.80. The standard InChI is InChI=1S/C23H16N2O6S/c1-30-16-8-6-15(7-9-16)25-21(27)18(20(26)24-23(25)32)12-17-10-11-19(31-17)13-2-4-14(5-3-13)22(28)29/h2-12H,1H3,(H,28,29)(H,24,26,32)/b18-12+. The summed E-state index contributed by atoms with van der Waals surface area (Å²) in [6.07, 6.45) is 1.34. The number of hydrogen-bond acceptors (Lipinski definition) is 6. The van der Waals surface area contributed by atoms with E-state index in [0.717, 1.165) is 0 Å². The van der Waals surface area contributed by atoms with E-state index in [1.807, 2.05) is 0 Å². The molecule has 0 saturated carbocycles. The molecule has 0 unspecified atom stereocenters. The van der Waals surface area contributed by atoms with E-state index in [-0.39, 0.29) is 22.0 Å². The van der Waals surface area contributed by atoms with E-state index in [1.54, 1.807) is 48.5 Å². The summed E-state index contributed by atoms with van der Waals surface area (Å²) in [6, 6.07) is 16.1. The zero-order valence-electron chi connectivity index (χ0n) is 16.7. The predicted molar refractivity (Wildman–Crippen MR) is 120 cm³/mol. The van der Waals surface area contributed by atoms with E-state index in [0.29, 0.717) is 22.8 Å². The van der Waals surface area contributed by atoms with Gasteiger partial charge in [0.15, 0.2) is 5.11 Å². The molecular weight excluding hydrogens is 432 g/mol. The summed E-state index contributed by atoms with van der Waals surface area (Å²) in [4.78, 5) is 37.7. The van der Waals surface area contributed by atoms with Gasteiger partial charge in [0, 0.05) is 5.56 Å². The summed E-state index contributed by atoms with van der Waals surface area (Å²) >= 11 is 5.19. The normalized spacial score (nSPS) is 15.1. The van der Waals surface area contributed by atoms with Gasteiger partial charge in [0.1, 0.15) is 22.8 Å². The minimum atomic E-state index is -1.03. The summed E-state index contributed by atoms with van der Waals surface area (Å²) in [7, 11) is 1.53. The molecule has 2 amide bonds. The van der Waals surface area contributed by atoms with Crippen LogP contribution in [0, 0.1) is 0 Å². The number of benzene rings is 2. The fraction of sp³-hybridized carbons (Fsp3) is 0.0435. The molecule has 0 aliphatic carbocycles. The molecule has 32 heavy (non-hydrogen) atoms. The maximum Gasteiger partial charge on any atom is 0.335 e. The van der Waals surface area contributed by atoms with Gasteiger partial charge < -0.3 is 14.3 Å². The molecule has 8 nitrogen and oxygen atoms in total. The Kier molecular flexibility index (Phi) is 5.57. The van der Waals surface area contributed by atoms with Crippen molar-refractivity contribution in [2.75, 3.05) is 12.0 Å². The average molecular weight is 448 g/mol. The van der Waals surface area contributed by atoms with E-state index in [1.165, 1.54) is 30.2 Å². The largest absolute Gasteiger partial charge is 0.497 e. The van der Waals surface area contributed by atoms with Crippen molar-refractivity contribution in [2.45, 2.75) is 0 Å². The molecule has 3 aromatic rings. The maximum absolute atomic E-state index is 13.1. The van der Waals surface area contributed by atoms with Crippen molar-refractivity contribution >= 4 is 46.9 Å². The van der Waals surface area contributed by atoms with Crippen LogP contribution in [0.25, 0.3) is 17.4 Å². The van der Waals surface area contributed by atoms with Crippen LogP contribution in [-0.4, -0.2) is 35.1 Å². The highest BCUT2D eigenvalue weighted by Crippen LogP contribution is 2.27. The van der Waals surface area contributed by atoms with Gasteiger partial charge in [-0.15, -0.1) is 0 Å². The van der Waals surface area contributed by atoms with Gasteiger partial charge in [-0.05, 0) is 66.8 Å². The first-order valence-corrected chi connectivity index (χ1v) is 9.77. The third-order valence-corrected chi connectivity index (χ3v) is 5.05. The zero-order chi connectivity index (χ0) is 22.8. The van der Waals surface area contributed by atoms with Gasteiger partial charge in [-0.25, -0.2) is 4.79 Å². The number of furan rings is 1. The van der Waals surface area contributed by atoms with E-state index in [4.69, 9.17) is 26.5 Å². The van der Waals surface area contributed by atoms with Crippen molar-refractivity contribution in [2.24, 2.45) is 0 Å². The second kappa shape index (κ2) is 8.48. The van der Waals surface area contributed by atoms with Crippen molar-refractivity contribution in [3.05, 3.63) is 77.6 Å². The first-order valence-electron chi connectivity index (χ1n) is 9.36. The van der Waals surface area contributed by atoms with Crippen molar-refractivity contribution in [1.82, 2.24) is 5.32 Å². The van der Waals surface area contributed by atoms with Gasteiger partial charge in [0.25, 0.3) is 11.8 Å². The molecule has 1 aliphatic rings. The van der Waals surface area contributed by atoms with Crippen LogP contribution in [0.3, 0.4) is 0 Å². The molecule has 1 aromatic heterocycles. The number of aromatic carboxylic acids is 1. The van der Waals surface area contributed by atoms with Gasteiger partial charge in [-0.3, -0.25) is 19.8 Å². The third-order valence-electron chi connectivity index (χ3n) is 4.76. The van der Waals surface area contributed by atoms with Gasteiger partial charge in [-0.1, -0.05) is 12.1 Å². The third kappa shape index (κ3) is 4.01. The Morgan fingerprint density at radius 1 is 1.06 bits per heavy atom. The van der Waals surface area contributed by atoms with Crippen LogP contribution in [0.15, 0.2) is 70.7 Å². The number of thiocarbonyl (C=S) groups is 1. The van der Waals surface area contributed by atoms with E-state index < -0.39 is 17.8 Å². The lowest BCUT2D eigenvalue weighted by Gasteiger charge is -2.28. The molecule has 9 heteroatoms. The summed E-state index contributed by atoms with van der Waals surface area (Å²) in [5.41, 5.74) is 1.14. The number of carbonyl (C=O) groups is 3. The Morgan fingerprint density at radius 3 is 2.38 bits per heavy atom. The van der Waals surface area contributed by atoms with Crippen molar-refractivity contribution in [3.63, 3.8) is 0 Å². The fourth-order valence-corrected chi connectivity index (χ4v) is 3.41. The molecule has 4 rings (SSSR count). The van der Waals surface area contributed by atoms with E-state index >= 15 is 0 Å². The molecule has 0 atom stereocenters. The summed E-state index contributed by atoms with van der Waals surface area (Å²) in [5, 5.41) is 11.5. The molecule has 0 spiro atoms. The van der Waals surface area contributed by atoms with Crippen LogP contribution < -0.4 is 15.0 Å². The molecule has 1 fully saturated rings. The lowest BCUT2D eigenvalue weighted by atomic mass is 10.1. The highest BCUT2D eigenvalue weighted by atomic mass is 32.1. The number of amides is 2. The number of rotatable bonds is 5. The molecule has 2 heterocycles. The number of carboxylic acids is 1. The van der Waals surface area contributed by atoms with Crippen LogP contribution >= 0.6 is 12.2 Å². The minimum absolute atomic E-state index is 0.0269. The smallest absolute Gasteiger partial charge is 0.335 e. The SMILES string of the molecule is COc1ccc(N2C(=O)/C(=C/c3ccc(-c4ccc(C(=O)O)cc4)o3)C(=O)NC2=S)cc1. The van der Waals surface area contributed by atoms with Gasteiger partial charge in [-0.2, -0.15) is 0 Å². The second-order valence-corrected chi connectivity index (χ2v) is 7.13. The Morgan fingerprint density at radius 2 is 1.75 bits per heavy atom. The van der Waals surface area contributed by atoms with Crippen LogP contribution in [0.2, 0.25) is 0 Å².